The molecule has 4 nitrogen and oxygen atoms in total. The maximum absolute atomic E-state index is 13.6. The Kier molecular flexibility index (Phi) is 9.99. The molecule has 178 valence electrons. The average Bonchev–Trinajstić information content (AvgIpc) is 2.85. The van der Waals surface area contributed by atoms with E-state index in [1.54, 1.807) is 23.1 Å². The first kappa shape index (κ1) is 25.8. The van der Waals surface area contributed by atoms with E-state index in [1.165, 1.54) is 0 Å². The largest absolute Gasteiger partial charge is 0.354 e. The van der Waals surface area contributed by atoms with E-state index >= 15 is 0 Å². The van der Waals surface area contributed by atoms with Crippen LogP contribution in [0.25, 0.3) is 0 Å². The van der Waals surface area contributed by atoms with Crippen LogP contribution in [-0.2, 0) is 29.0 Å². The molecule has 6 heteroatoms. The van der Waals surface area contributed by atoms with Gasteiger partial charge in [-0.15, -0.1) is 0 Å². The van der Waals surface area contributed by atoms with Crippen LogP contribution in [0.2, 0.25) is 10.0 Å². The molecule has 0 saturated heterocycles. The first-order chi connectivity index (χ1) is 16.5. The van der Waals surface area contributed by atoms with Crippen LogP contribution in [0.4, 0.5) is 0 Å². The molecule has 0 saturated carbocycles. The highest BCUT2D eigenvalue weighted by molar-refractivity contribution is 6.42. The summed E-state index contributed by atoms with van der Waals surface area (Å²) in [6, 6.07) is 24.1. The van der Waals surface area contributed by atoms with Gasteiger partial charge in [-0.3, -0.25) is 9.59 Å². The summed E-state index contributed by atoms with van der Waals surface area (Å²) >= 11 is 12.2. The Bertz CT molecular complexity index is 1070. The van der Waals surface area contributed by atoms with Crippen LogP contribution in [-0.4, -0.2) is 29.3 Å². The molecule has 1 atom stereocenters. The molecule has 0 bridgehead atoms. The second-order valence-electron chi connectivity index (χ2n) is 8.28. The second kappa shape index (κ2) is 13.2. The quantitative estimate of drug-likeness (QED) is 0.326. The van der Waals surface area contributed by atoms with Gasteiger partial charge in [0.15, 0.2) is 0 Å². The SMILES string of the molecule is CCCCNC(=O)[C@@H](Cc1ccccc1)N(Cc1ccccc1)C(=O)Cc1ccc(Cl)c(Cl)c1. The summed E-state index contributed by atoms with van der Waals surface area (Å²) < 4.78 is 0. The summed E-state index contributed by atoms with van der Waals surface area (Å²) in [5.74, 6) is -0.287. The van der Waals surface area contributed by atoms with Gasteiger partial charge in [0.05, 0.1) is 16.5 Å². The summed E-state index contributed by atoms with van der Waals surface area (Å²) in [5, 5.41) is 3.88. The van der Waals surface area contributed by atoms with Crippen molar-refractivity contribution in [3.05, 3.63) is 106 Å². The summed E-state index contributed by atoms with van der Waals surface area (Å²) in [4.78, 5) is 28.7. The highest BCUT2D eigenvalue weighted by atomic mass is 35.5. The van der Waals surface area contributed by atoms with E-state index in [1.807, 2.05) is 60.7 Å². The molecule has 0 aliphatic rings. The third-order valence-corrected chi connectivity index (χ3v) is 6.37. The Morgan fingerprint density at radius 1 is 0.853 bits per heavy atom. The van der Waals surface area contributed by atoms with Crippen LogP contribution in [0.5, 0.6) is 0 Å². The monoisotopic (exact) mass is 496 g/mol. The number of unbranched alkanes of at least 4 members (excludes halogenated alkanes) is 1. The Morgan fingerprint density at radius 3 is 2.12 bits per heavy atom. The van der Waals surface area contributed by atoms with E-state index < -0.39 is 6.04 Å². The lowest BCUT2D eigenvalue weighted by molar-refractivity contribution is -0.140. The fraction of sp³-hybridized carbons (Fsp3) is 0.286. The van der Waals surface area contributed by atoms with Crippen molar-refractivity contribution in [3.8, 4) is 0 Å². The molecule has 0 radical (unpaired) electrons. The van der Waals surface area contributed by atoms with Crippen molar-refractivity contribution < 1.29 is 9.59 Å². The van der Waals surface area contributed by atoms with Gasteiger partial charge in [-0.2, -0.15) is 0 Å². The van der Waals surface area contributed by atoms with Gasteiger partial charge in [0.2, 0.25) is 11.8 Å². The van der Waals surface area contributed by atoms with Gasteiger partial charge < -0.3 is 10.2 Å². The predicted molar refractivity (Wildman–Crippen MR) is 139 cm³/mol. The molecule has 0 aromatic heterocycles. The molecule has 1 N–H and O–H groups in total. The topological polar surface area (TPSA) is 49.4 Å². The van der Waals surface area contributed by atoms with E-state index in [-0.39, 0.29) is 18.2 Å². The van der Waals surface area contributed by atoms with Crippen molar-refractivity contribution in [1.29, 1.82) is 0 Å². The molecule has 2 amide bonds. The van der Waals surface area contributed by atoms with E-state index in [0.717, 1.165) is 29.5 Å². The van der Waals surface area contributed by atoms with Crippen LogP contribution in [0.15, 0.2) is 78.9 Å². The van der Waals surface area contributed by atoms with Crippen molar-refractivity contribution in [2.24, 2.45) is 0 Å². The van der Waals surface area contributed by atoms with Crippen molar-refractivity contribution in [2.45, 2.75) is 45.2 Å². The predicted octanol–water partition coefficient (Wildman–Crippen LogP) is 6.09. The highest BCUT2D eigenvalue weighted by Gasteiger charge is 2.30. The molecule has 0 spiro atoms. The Morgan fingerprint density at radius 2 is 1.50 bits per heavy atom. The number of nitrogens with one attached hydrogen (secondary N) is 1. The molecule has 0 fully saturated rings. The number of rotatable bonds is 11. The summed E-state index contributed by atoms with van der Waals surface area (Å²) in [6.45, 7) is 3.00. The zero-order chi connectivity index (χ0) is 24.3. The molecular weight excluding hydrogens is 467 g/mol. The molecular formula is C28H30Cl2N2O2. The van der Waals surface area contributed by atoms with Gasteiger partial charge in [0.1, 0.15) is 6.04 Å². The molecule has 0 aliphatic carbocycles. The summed E-state index contributed by atoms with van der Waals surface area (Å²) in [6.07, 6.45) is 2.42. The molecule has 0 heterocycles. The highest BCUT2D eigenvalue weighted by Crippen LogP contribution is 2.24. The van der Waals surface area contributed by atoms with Gasteiger partial charge in [0.25, 0.3) is 0 Å². The third-order valence-electron chi connectivity index (χ3n) is 5.64. The number of carbonyl (C=O) groups is 2. The number of halogens is 2. The first-order valence-electron chi connectivity index (χ1n) is 11.6. The number of amides is 2. The normalized spacial score (nSPS) is 11.6. The van der Waals surface area contributed by atoms with Crippen molar-refractivity contribution in [1.82, 2.24) is 10.2 Å². The fourth-order valence-electron chi connectivity index (χ4n) is 3.77. The maximum Gasteiger partial charge on any atom is 0.243 e. The average molecular weight is 497 g/mol. The molecule has 0 unspecified atom stereocenters. The zero-order valence-corrected chi connectivity index (χ0v) is 20.9. The number of hydrogen-bond donors (Lipinski definition) is 1. The fourth-order valence-corrected chi connectivity index (χ4v) is 4.09. The minimum Gasteiger partial charge on any atom is -0.354 e. The minimum atomic E-state index is -0.644. The number of nitrogens with zero attached hydrogens (tertiary/aromatic N) is 1. The summed E-state index contributed by atoms with van der Waals surface area (Å²) in [5.41, 5.74) is 2.71. The van der Waals surface area contributed by atoms with Crippen LogP contribution in [0.1, 0.15) is 36.5 Å². The van der Waals surface area contributed by atoms with Gasteiger partial charge in [0, 0.05) is 19.5 Å². The summed E-state index contributed by atoms with van der Waals surface area (Å²) in [7, 11) is 0. The number of carbonyl (C=O) groups excluding carboxylic acids is 2. The van der Waals surface area contributed by atoms with Crippen LogP contribution in [0.3, 0.4) is 0 Å². The minimum absolute atomic E-state index is 0.122. The van der Waals surface area contributed by atoms with E-state index in [2.05, 4.69) is 12.2 Å². The Labute approximate surface area is 211 Å². The molecule has 3 rings (SSSR count). The maximum atomic E-state index is 13.6. The van der Waals surface area contributed by atoms with Crippen LogP contribution < -0.4 is 5.32 Å². The lowest BCUT2D eigenvalue weighted by Crippen LogP contribution is -2.51. The molecule has 34 heavy (non-hydrogen) atoms. The lowest BCUT2D eigenvalue weighted by Gasteiger charge is -2.31. The van der Waals surface area contributed by atoms with Crippen molar-refractivity contribution in [2.75, 3.05) is 6.54 Å². The van der Waals surface area contributed by atoms with Crippen molar-refractivity contribution >= 4 is 35.0 Å². The van der Waals surface area contributed by atoms with Crippen LogP contribution in [0, 0.1) is 0 Å². The third kappa shape index (κ3) is 7.61. The molecule has 0 aliphatic heterocycles. The molecule has 3 aromatic rings. The van der Waals surface area contributed by atoms with Crippen molar-refractivity contribution in [3.63, 3.8) is 0 Å². The van der Waals surface area contributed by atoms with E-state index in [0.29, 0.717) is 29.6 Å². The zero-order valence-electron chi connectivity index (χ0n) is 19.3. The first-order valence-corrected chi connectivity index (χ1v) is 12.3. The van der Waals surface area contributed by atoms with E-state index in [4.69, 9.17) is 23.2 Å². The smallest absolute Gasteiger partial charge is 0.243 e. The number of benzene rings is 3. The van der Waals surface area contributed by atoms with Gasteiger partial charge in [-0.05, 0) is 35.2 Å². The second-order valence-corrected chi connectivity index (χ2v) is 9.10. The number of hydrogen-bond acceptors (Lipinski definition) is 2. The standard InChI is InChI=1S/C28H30Cl2N2O2/c1-2-3-16-31-28(34)26(18-21-10-6-4-7-11-21)32(20-22-12-8-5-9-13-22)27(33)19-23-14-15-24(29)25(30)17-23/h4-15,17,26H,2-3,16,18-20H2,1H3,(H,31,34)/t26-/m1/s1. The van der Waals surface area contributed by atoms with Gasteiger partial charge in [-0.25, -0.2) is 0 Å². The lowest BCUT2D eigenvalue weighted by atomic mass is 10.0. The molecule has 3 aromatic carbocycles. The van der Waals surface area contributed by atoms with Crippen LogP contribution >= 0.6 is 23.2 Å². The van der Waals surface area contributed by atoms with Gasteiger partial charge in [-0.1, -0.05) is 103 Å². The van der Waals surface area contributed by atoms with Gasteiger partial charge >= 0.3 is 0 Å². The Balaban J connectivity index is 1.92. The van der Waals surface area contributed by atoms with E-state index in [9.17, 15) is 9.59 Å². The Hall–Kier alpha value is -2.82.